The lowest BCUT2D eigenvalue weighted by molar-refractivity contribution is 0.401. The van der Waals surface area contributed by atoms with E-state index in [-0.39, 0.29) is 24.0 Å². The number of aryl methyl sites for hydroxylation is 1. The largest absolute Gasteiger partial charge is 0.366 e. The van der Waals surface area contributed by atoms with Crippen LogP contribution in [0.5, 0.6) is 0 Å². The van der Waals surface area contributed by atoms with Crippen molar-refractivity contribution in [2.24, 2.45) is 4.99 Å². The average Bonchev–Trinajstić information content (AvgIpc) is 3.62. The molecule has 2 aliphatic rings. The normalized spacial score (nSPS) is 21.2. The molecule has 45 heavy (non-hydrogen) atoms. The van der Waals surface area contributed by atoms with E-state index in [9.17, 15) is 4.39 Å². The molecular weight excluding hydrogens is 557 g/mol. The highest BCUT2D eigenvalue weighted by Gasteiger charge is 2.33. The Bertz CT molecular complexity index is 1620. The van der Waals surface area contributed by atoms with E-state index in [1.807, 2.05) is 23.3 Å². The number of hydrogen-bond acceptors (Lipinski definition) is 4. The number of anilines is 1. The van der Waals surface area contributed by atoms with Crippen molar-refractivity contribution in [2.45, 2.75) is 98.2 Å². The van der Waals surface area contributed by atoms with Gasteiger partial charge >= 0.3 is 0 Å². The monoisotopic (exact) mass is 609 g/mol. The molecule has 3 unspecified atom stereocenters. The van der Waals surface area contributed by atoms with Gasteiger partial charge in [-0.2, -0.15) is 5.10 Å². The summed E-state index contributed by atoms with van der Waals surface area (Å²) in [5.41, 5.74) is 8.18. The molecule has 3 atom stereocenters. The predicted molar refractivity (Wildman–Crippen MR) is 191 cm³/mol. The molecule has 6 heteroatoms. The van der Waals surface area contributed by atoms with Gasteiger partial charge in [0.05, 0.1) is 35.4 Å². The van der Waals surface area contributed by atoms with Gasteiger partial charge in [0.15, 0.2) is 0 Å². The Morgan fingerprint density at radius 3 is 2.67 bits per heavy atom. The summed E-state index contributed by atoms with van der Waals surface area (Å²) in [5.74, 6) is -0.154. The van der Waals surface area contributed by atoms with Crippen LogP contribution >= 0.6 is 0 Å². The van der Waals surface area contributed by atoms with Crippen LogP contribution in [-0.2, 0) is 0 Å². The van der Waals surface area contributed by atoms with E-state index in [0.29, 0.717) is 6.42 Å². The van der Waals surface area contributed by atoms with Crippen molar-refractivity contribution in [3.8, 4) is 0 Å². The van der Waals surface area contributed by atoms with Gasteiger partial charge in [0.2, 0.25) is 0 Å². The minimum absolute atomic E-state index is 0.000475. The molecule has 0 spiro atoms. The Morgan fingerprint density at radius 1 is 1.20 bits per heavy atom. The topological polar surface area (TPSA) is 36.7 Å². The summed E-state index contributed by atoms with van der Waals surface area (Å²) in [6.45, 7) is 27.5. The van der Waals surface area contributed by atoms with Crippen LogP contribution in [0.4, 0.5) is 10.1 Å². The van der Waals surface area contributed by atoms with Crippen molar-refractivity contribution in [2.75, 3.05) is 18.0 Å². The fraction of sp³-hybridized carbons (Fsp3) is 0.436. The van der Waals surface area contributed by atoms with E-state index in [2.05, 4.69) is 95.4 Å². The summed E-state index contributed by atoms with van der Waals surface area (Å²) in [6, 6.07) is 6.81. The van der Waals surface area contributed by atoms with Crippen LogP contribution in [0.25, 0.3) is 17.8 Å². The molecule has 0 radical (unpaired) electrons. The molecule has 240 valence electrons. The van der Waals surface area contributed by atoms with Crippen molar-refractivity contribution < 1.29 is 4.39 Å². The number of para-hydroxylation sites is 1. The highest BCUT2D eigenvalue weighted by atomic mass is 19.1. The van der Waals surface area contributed by atoms with Gasteiger partial charge in [0.25, 0.3) is 0 Å². The molecule has 2 aromatic rings. The highest BCUT2D eigenvalue weighted by molar-refractivity contribution is 5.88. The van der Waals surface area contributed by atoms with E-state index in [1.165, 1.54) is 22.4 Å². The smallest absolute Gasteiger partial charge is 0.119 e. The van der Waals surface area contributed by atoms with Gasteiger partial charge in [0, 0.05) is 35.8 Å². The number of halogens is 1. The standard InChI is InChI=1S/C39H52FN5/c1-10-13-22-43(12-3)39-29(7)16-14-17-35(39)28(6)20-21-41-34-24-38(27(4)5)44(26-34)30(8)36-25-42-45(31(36)9)37-19-18-33(40)23-32(37)15-11-2/h12,14,16-18,20-21,23,25,34,37-38H,3-4,9-11,13,15,19,22,24,26H2,1-2,5-8H3/b28-20+,36-30+,41-21?. The van der Waals surface area contributed by atoms with Crippen LogP contribution in [0, 0.1) is 6.92 Å². The zero-order valence-corrected chi connectivity index (χ0v) is 28.3. The maximum atomic E-state index is 14.1. The van der Waals surface area contributed by atoms with E-state index in [1.54, 1.807) is 12.2 Å². The number of allylic oxidation sites excluding steroid dienone is 6. The highest BCUT2D eigenvalue weighted by Crippen LogP contribution is 2.33. The summed E-state index contributed by atoms with van der Waals surface area (Å²) in [5, 5.41) is 6.65. The van der Waals surface area contributed by atoms with Crippen LogP contribution in [-0.4, -0.2) is 46.1 Å². The Morgan fingerprint density at radius 2 is 1.98 bits per heavy atom. The minimum atomic E-state index is -0.154. The Labute approximate surface area is 270 Å². The van der Waals surface area contributed by atoms with Crippen LogP contribution < -0.4 is 15.5 Å². The van der Waals surface area contributed by atoms with Gasteiger partial charge in [-0.15, -0.1) is 0 Å². The minimum Gasteiger partial charge on any atom is -0.366 e. The molecule has 2 heterocycles. The molecule has 1 saturated heterocycles. The number of aliphatic imine (C=N–C) groups is 1. The first-order valence-electron chi connectivity index (χ1n) is 16.5. The molecule has 0 amide bonds. The fourth-order valence-corrected chi connectivity index (χ4v) is 6.71. The average molecular weight is 610 g/mol. The van der Waals surface area contributed by atoms with E-state index >= 15 is 0 Å². The molecule has 1 aromatic carbocycles. The van der Waals surface area contributed by atoms with Crippen molar-refractivity contribution in [3.63, 3.8) is 0 Å². The SMILES string of the molecule is C=CN(CCCC)c1c(C)cccc1/C(C)=C/C=NC1CC(C(=C)C)N(/C(C)=c2\cnn(C3CC=C(F)C=C3CCC)c2=C)C1. The summed E-state index contributed by atoms with van der Waals surface area (Å²) in [4.78, 5) is 9.72. The molecular formula is C39H52FN5. The lowest BCUT2D eigenvalue weighted by Gasteiger charge is -2.27. The van der Waals surface area contributed by atoms with Gasteiger partial charge < -0.3 is 9.80 Å². The number of hydrogen-bond donors (Lipinski definition) is 0. The molecule has 1 aromatic heterocycles. The summed E-state index contributed by atoms with van der Waals surface area (Å²) < 4.78 is 16.1. The number of aromatic nitrogens is 2. The second-order valence-electron chi connectivity index (χ2n) is 12.6. The molecule has 1 aliphatic heterocycles. The zero-order valence-electron chi connectivity index (χ0n) is 28.3. The first kappa shape index (κ1) is 34.0. The predicted octanol–water partition coefficient (Wildman–Crippen LogP) is 8.20. The number of benzene rings is 1. The molecule has 0 N–H and O–H groups in total. The Hall–Kier alpha value is -3.93. The maximum absolute atomic E-state index is 14.1. The lowest BCUT2D eigenvalue weighted by atomic mass is 9.95. The number of likely N-dealkylation sites (tertiary alicyclic amines) is 1. The Balaban J connectivity index is 1.58. The van der Waals surface area contributed by atoms with Gasteiger partial charge in [0.1, 0.15) is 5.83 Å². The van der Waals surface area contributed by atoms with Gasteiger partial charge in [-0.25, -0.2) is 4.39 Å². The lowest BCUT2D eigenvalue weighted by Crippen LogP contribution is -2.38. The molecule has 0 saturated carbocycles. The van der Waals surface area contributed by atoms with Crippen molar-refractivity contribution in [3.05, 3.63) is 101 Å². The molecule has 5 nitrogen and oxygen atoms in total. The Kier molecular flexibility index (Phi) is 11.6. The quantitative estimate of drug-likeness (QED) is 0.170. The zero-order chi connectivity index (χ0) is 32.7. The molecule has 4 rings (SSSR count). The van der Waals surface area contributed by atoms with Crippen LogP contribution in [0.1, 0.15) is 90.3 Å². The third-order valence-electron chi connectivity index (χ3n) is 9.23. The van der Waals surface area contributed by atoms with Crippen molar-refractivity contribution in [1.29, 1.82) is 0 Å². The third-order valence-corrected chi connectivity index (χ3v) is 9.23. The number of nitrogens with zero attached hydrogens (tertiary/aromatic N) is 5. The summed E-state index contributed by atoms with van der Waals surface area (Å²) >= 11 is 0. The second-order valence-corrected chi connectivity index (χ2v) is 12.6. The van der Waals surface area contributed by atoms with Crippen molar-refractivity contribution >= 4 is 29.8 Å². The van der Waals surface area contributed by atoms with Crippen LogP contribution in [0.3, 0.4) is 0 Å². The van der Waals surface area contributed by atoms with Gasteiger partial charge in [-0.05, 0) is 94.5 Å². The van der Waals surface area contributed by atoms with E-state index < -0.39 is 0 Å². The van der Waals surface area contributed by atoms with Crippen LogP contribution in [0.2, 0.25) is 0 Å². The maximum Gasteiger partial charge on any atom is 0.119 e. The first-order chi connectivity index (χ1) is 21.6. The van der Waals surface area contributed by atoms with Crippen molar-refractivity contribution in [1.82, 2.24) is 14.7 Å². The van der Waals surface area contributed by atoms with E-state index in [4.69, 9.17) is 10.1 Å². The first-order valence-corrected chi connectivity index (χ1v) is 16.5. The van der Waals surface area contributed by atoms with Crippen LogP contribution in [0.15, 0.2) is 83.9 Å². The van der Waals surface area contributed by atoms with Gasteiger partial charge in [-0.1, -0.05) is 70.2 Å². The molecule has 1 aliphatic carbocycles. The summed E-state index contributed by atoms with van der Waals surface area (Å²) in [6.07, 6.45) is 16.9. The summed E-state index contributed by atoms with van der Waals surface area (Å²) in [7, 11) is 0. The fourth-order valence-electron chi connectivity index (χ4n) is 6.71. The number of rotatable bonds is 13. The van der Waals surface area contributed by atoms with E-state index in [0.717, 1.165) is 72.6 Å². The van der Waals surface area contributed by atoms with Gasteiger partial charge in [-0.3, -0.25) is 9.67 Å². The molecule has 1 fully saturated rings. The second kappa shape index (κ2) is 15.4. The number of unbranched alkanes of at least 4 members (excludes halogenated alkanes) is 1. The molecule has 0 bridgehead atoms. The third kappa shape index (κ3) is 7.66.